The van der Waals surface area contributed by atoms with Crippen molar-refractivity contribution in [3.8, 4) is 0 Å². The van der Waals surface area contributed by atoms with Crippen molar-refractivity contribution in [3.63, 3.8) is 0 Å². The second-order valence-electron chi connectivity index (χ2n) is 7.51. The molecule has 3 heteroatoms. The lowest BCUT2D eigenvalue weighted by Crippen LogP contribution is -2.11. The van der Waals surface area contributed by atoms with Crippen LogP contribution in [-0.4, -0.2) is 5.91 Å². The number of rotatable bonds is 16. The maximum Gasteiger partial charge on any atom is 0.224 e. The van der Waals surface area contributed by atoms with E-state index in [0.29, 0.717) is 12.1 Å². The Balaban J connectivity index is 1.87. The summed E-state index contributed by atoms with van der Waals surface area (Å²) in [4.78, 5) is 11.9. The average molecular weight is 373 g/mol. The summed E-state index contributed by atoms with van der Waals surface area (Å²) in [6.07, 6.45) is 21.8. The molecular formula is C24H40N2O. The first-order valence-electron chi connectivity index (χ1n) is 11.0. The molecule has 0 unspecified atom stereocenters. The number of carbonyl (C=O) groups excluding carboxylic acids is 1. The molecule has 0 aliphatic rings. The van der Waals surface area contributed by atoms with E-state index < -0.39 is 0 Å². The smallest absolute Gasteiger partial charge is 0.224 e. The Labute approximate surface area is 166 Å². The second-order valence-corrected chi connectivity index (χ2v) is 7.51. The maximum atomic E-state index is 11.9. The van der Waals surface area contributed by atoms with Crippen molar-refractivity contribution in [3.05, 3.63) is 36.4 Å². The van der Waals surface area contributed by atoms with Gasteiger partial charge in [-0.1, -0.05) is 76.5 Å². The van der Waals surface area contributed by atoms with E-state index in [0.717, 1.165) is 18.5 Å². The Kier molecular flexibility index (Phi) is 14.1. The zero-order valence-electron chi connectivity index (χ0n) is 17.3. The number of benzene rings is 1. The van der Waals surface area contributed by atoms with Gasteiger partial charge in [0.05, 0.1) is 0 Å². The summed E-state index contributed by atoms with van der Waals surface area (Å²) >= 11 is 0. The Bertz CT molecular complexity index is 525. The Hall–Kier alpha value is -1.77. The van der Waals surface area contributed by atoms with Gasteiger partial charge in [0, 0.05) is 17.8 Å². The van der Waals surface area contributed by atoms with Crippen molar-refractivity contribution in [2.24, 2.45) is 0 Å². The third-order valence-electron chi connectivity index (χ3n) is 4.84. The van der Waals surface area contributed by atoms with Gasteiger partial charge >= 0.3 is 0 Å². The van der Waals surface area contributed by atoms with E-state index in [9.17, 15) is 4.79 Å². The number of nitrogen functional groups attached to an aromatic ring is 1. The van der Waals surface area contributed by atoms with E-state index in [1.807, 2.05) is 18.2 Å². The van der Waals surface area contributed by atoms with Gasteiger partial charge in [0.25, 0.3) is 0 Å². The van der Waals surface area contributed by atoms with Crippen LogP contribution < -0.4 is 11.1 Å². The zero-order valence-corrected chi connectivity index (χ0v) is 17.3. The van der Waals surface area contributed by atoms with Crippen LogP contribution in [0.4, 0.5) is 11.4 Å². The molecule has 0 atom stereocenters. The minimum Gasteiger partial charge on any atom is -0.399 e. The first-order chi connectivity index (χ1) is 13.2. The summed E-state index contributed by atoms with van der Waals surface area (Å²) in [5.41, 5.74) is 7.17. The normalized spacial score (nSPS) is 11.1. The molecule has 27 heavy (non-hydrogen) atoms. The molecule has 3 nitrogen and oxygen atoms in total. The van der Waals surface area contributed by atoms with Gasteiger partial charge in [0.2, 0.25) is 5.91 Å². The molecule has 0 saturated heterocycles. The fraction of sp³-hybridized carbons (Fsp3) is 0.625. The average Bonchev–Trinajstić information content (AvgIpc) is 2.65. The maximum absolute atomic E-state index is 11.9. The summed E-state index contributed by atoms with van der Waals surface area (Å²) in [5.74, 6) is 0.0817. The van der Waals surface area contributed by atoms with Crippen LogP contribution in [-0.2, 0) is 4.79 Å². The third-order valence-corrected chi connectivity index (χ3v) is 4.84. The standard InChI is InChI=1S/C24H40N2O/c1-2-3-4-5-6-7-8-9-10-11-12-13-14-15-16-20-24(27)26-23-19-17-18-22(25)21-23/h9-10,17-19,21H,2-8,11-16,20,25H2,1H3,(H,26,27). The minimum absolute atomic E-state index is 0.0817. The Morgan fingerprint density at radius 2 is 1.48 bits per heavy atom. The Morgan fingerprint density at radius 1 is 0.889 bits per heavy atom. The lowest BCUT2D eigenvalue weighted by molar-refractivity contribution is -0.116. The largest absolute Gasteiger partial charge is 0.399 e. The second kappa shape index (κ2) is 16.4. The number of nitrogens with one attached hydrogen (secondary N) is 1. The van der Waals surface area contributed by atoms with Gasteiger partial charge < -0.3 is 11.1 Å². The molecule has 152 valence electrons. The van der Waals surface area contributed by atoms with Gasteiger partial charge in [-0.05, 0) is 50.3 Å². The fourth-order valence-electron chi connectivity index (χ4n) is 3.20. The highest BCUT2D eigenvalue weighted by atomic mass is 16.1. The quantitative estimate of drug-likeness (QED) is 0.182. The van der Waals surface area contributed by atoms with Crippen LogP contribution in [0.25, 0.3) is 0 Å². The van der Waals surface area contributed by atoms with Gasteiger partial charge in [0.1, 0.15) is 0 Å². The summed E-state index contributed by atoms with van der Waals surface area (Å²) in [5, 5.41) is 2.90. The molecule has 0 spiro atoms. The van der Waals surface area contributed by atoms with Crippen LogP contribution in [0.1, 0.15) is 96.8 Å². The fourth-order valence-corrected chi connectivity index (χ4v) is 3.20. The van der Waals surface area contributed by atoms with Crippen molar-refractivity contribution >= 4 is 17.3 Å². The van der Waals surface area contributed by atoms with Crippen LogP contribution >= 0.6 is 0 Å². The van der Waals surface area contributed by atoms with Crippen LogP contribution in [0.5, 0.6) is 0 Å². The molecule has 0 saturated carbocycles. The highest BCUT2D eigenvalue weighted by molar-refractivity contribution is 5.91. The number of unbranched alkanes of at least 4 members (excludes halogenated alkanes) is 11. The molecule has 0 aliphatic heterocycles. The van der Waals surface area contributed by atoms with Crippen LogP contribution in [0.2, 0.25) is 0 Å². The zero-order chi connectivity index (χ0) is 19.6. The molecule has 1 amide bonds. The molecule has 0 radical (unpaired) electrons. The van der Waals surface area contributed by atoms with E-state index in [2.05, 4.69) is 24.4 Å². The van der Waals surface area contributed by atoms with Crippen LogP contribution in [0.15, 0.2) is 36.4 Å². The van der Waals surface area contributed by atoms with Crippen molar-refractivity contribution in [2.75, 3.05) is 11.1 Å². The first kappa shape index (κ1) is 23.3. The van der Waals surface area contributed by atoms with Gasteiger partial charge in [-0.15, -0.1) is 0 Å². The van der Waals surface area contributed by atoms with Gasteiger partial charge in [-0.2, -0.15) is 0 Å². The van der Waals surface area contributed by atoms with E-state index >= 15 is 0 Å². The van der Waals surface area contributed by atoms with Crippen molar-refractivity contribution in [1.82, 2.24) is 0 Å². The number of amides is 1. The number of carbonyl (C=O) groups is 1. The summed E-state index contributed by atoms with van der Waals surface area (Å²) in [6.45, 7) is 2.27. The van der Waals surface area contributed by atoms with E-state index in [4.69, 9.17) is 5.73 Å². The lowest BCUT2D eigenvalue weighted by atomic mass is 10.1. The topological polar surface area (TPSA) is 55.1 Å². The SMILES string of the molecule is CCCCCCCCC=CCCCCCCCC(=O)Nc1cccc(N)c1. The van der Waals surface area contributed by atoms with Gasteiger partial charge in [0.15, 0.2) is 0 Å². The first-order valence-corrected chi connectivity index (χ1v) is 11.0. The Morgan fingerprint density at radius 3 is 2.11 bits per heavy atom. The molecule has 1 aromatic carbocycles. The molecule has 0 fully saturated rings. The predicted molar refractivity (Wildman–Crippen MR) is 119 cm³/mol. The summed E-state index contributed by atoms with van der Waals surface area (Å²) in [6, 6.07) is 7.33. The van der Waals surface area contributed by atoms with Crippen molar-refractivity contribution < 1.29 is 4.79 Å². The van der Waals surface area contributed by atoms with Gasteiger partial charge in [-0.3, -0.25) is 4.79 Å². The van der Waals surface area contributed by atoms with E-state index in [1.54, 1.807) is 6.07 Å². The van der Waals surface area contributed by atoms with Gasteiger partial charge in [-0.25, -0.2) is 0 Å². The third kappa shape index (κ3) is 14.0. The number of anilines is 2. The van der Waals surface area contributed by atoms with E-state index in [-0.39, 0.29) is 5.91 Å². The lowest BCUT2D eigenvalue weighted by Gasteiger charge is -2.06. The molecular weight excluding hydrogens is 332 g/mol. The van der Waals surface area contributed by atoms with Crippen molar-refractivity contribution in [1.29, 1.82) is 0 Å². The summed E-state index contributed by atoms with van der Waals surface area (Å²) in [7, 11) is 0. The molecule has 0 aromatic heterocycles. The molecule has 3 N–H and O–H groups in total. The number of allylic oxidation sites excluding steroid dienone is 2. The predicted octanol–water partition coefficient (Wildman–Crippen LogP) is 7.24. The highest BCUT2D eigenvalue weighted by Crippen LogP contribution is 2.13. The van der Waals surface area contributed by atoms with E-state index in [1.165, 1.54) is 70.6 Å². The van der Waals surface area contributed by atoms with Crippen LogP contribution in [0.3, 0.4) is 0 Å². The monoisotopic (exact) mass is 372 g/mol. The molecule has 1 aromatic rings. The van der Waals surface area contributed by atoms with Crippen molar-refractivity contribution in [2.45, 2.75) is 96.8 Å². The number of nitrogens with two attached hydrogens (primary N) is 1. The molecule has 1 rings (SSSR count). The molecule has 0 heterocycles. The number of hydrogen-bond donors (Lipinski definition) is 2. The number of hydrogen-bond acceptors (Lipinski definition) is 2. The highest BCUT2D eigenvalue weighted by Gasteiger charge is 2.02. The molecule has 0 bridgehead atoms. The minimum atomic E-state index is 0.0817. The van der Waals surface area contributed by atoms with Crippen LogP contribution in [0, 0.1) is 0 Å². The molecule has 0 aliphatic carbocycles. The summed E-state index contributed by atoms with van der Waals surface area (Å²) < 4.78 is 0.